The monoisotopic (exact) mass is 483 g/mol. The lowest BCUT2D eigenvalue weighted by atomic mass is 10.2. The van der Waals surface area contributed by atoms with E-state index in [0.29, 0.717) is 64.4 Å². The zero-order valence-corrected chi connectivity index (χ0v) is 20.1. The Morgan fingerprint density at radius 3 is 2.50 bits per heavy atom. The first-order chi connectivity index (χ1) is 17.5. The summed E-state index contributed by atoms with van der Waals surface area (Å²) in [5, 5.41) is 0.418. The first kappa shape index (κ1) is 22.4. The second-order valence-corrected chi connectivity index (χ2v) is 8.90. The van der Waals surface area contributed by atoms with Crippen LogP contribution >= 0.6 is 0 Å². The van der Waals surface area contributed by atoms with Gasteiger partial charge in [-0.2, -0.15) is 0 Å². The van der Waals surface area contributed by atoms with E-state index in [1.54, 1.807) is 35.8 Å². The van der Waals surface area contributed by atoms with Crippen LogP contribution < -0.4 is 5.56 Å². The Balaban J connectivity index is 1.62. The lowest BCUT2D eigenvalue weighted by Gasteiger charge is -2.14. The first-order valence-corrected chi connectivity index (χ1v) is 12.1. The van der Waals surface area contributed by atoms with Gasteiger partial charge in [0.05, 0.1) is 35.9 Å². The Morgan fingerprint density at radius 1 is 1.06 bits per heavy atom. The summed E-state index contributed by atoms with van der Waals surface area (Å²) in [6.45, 7) is 5.08. The zero-order valence-electron chi connectivity index (χ0n) is 20.1. The summed E-state index contributed by atoms with van der Waals surface area (Å²) in [4.78, 5) is 40.6. The number of rotatable bonds is 5. The molecule has 6 rings (SSSR count). The van der Waals surface area contributed by atoms with Crippen LogP contribution in [0.1, 0.15) is 35.9 Å². The number of ether oxygens (including phenoxy) is 2. The van der Waals surface area contributed by atoms with E-state index in [1.807, 2.05) is 35.8 Å². The molecule has 1 saturated heterocycles. The third kappa shape index (κ3) is 3.63. The van der Waals surface area contributed by atoms with Gasteiger partial charge >= 0.3 is 5.97 Å². The number of aromatic nitrogens is 5. The molecule has 4 heterocycles. The number of esters is 1. The van der Waals surface area contributed by atoms with Crippen LogP contribution in [0.3, 0.4) is 0 Å². The normalized spacial score (nSPS) is 15.8. The number of carbonyl (C=O) groups excluding carboxylic acids is 1. The van der Waals surface area contributed by atoms with Crippen molar-refractivity contribution in [2.75, 3.05) is 13.2 Å². The van der Waals surface area contributed by atoms with Crippen molar-refractivity contribution >= 4 is 39.2 Å². The van der Waals surface area contributed by atoms with E-state index in [9.17, 15) is 9.59 Å². The zero-order chi connectivity index (χ0) is 24.8. The fraction of sp³-hybridized carbons (Fsp3) is 0.296. The maximum Gasteiger partial charge on any atom is 0.338 e. The van der Waals surface area contributed by atoms with Gasteiger partial charge in [0.2, 0.25) is 0 Å². The van der Waals surface area contributed by atoms with Crippen LogP contribution in [0.25, 0.3) is 38.9 Å². The van der Waals surface area contributed by atoms with Crippen molar-refractivity contribution in [3.8, 4) is 5.69 Å². The Morgan fingerprint density at radius 2 is 1.81 bits per heavy atom. The van der Waals surface area contributed by atoms with E-state index in [1.165, 1.54) is 0 Å². The summed E-state index contributed by atoms with van der Waals surface area (Å²) < 4.78 is 14.4. The molecule has 9 heteroatoms. The summed E-state index contributed by atoms with van der Waals surface area (Å²) in [6, 6.07) is 14.6. The van der Waals surface area contributed by atoms with Crippen molar-refractivity contribution in [2.45, 2.75) is 39.3 Å². The molecule has 36 heavy (non-hydrogen) atoms. The molecule has 3 aromatic heterocycles. The average molecular weight is 484 g/mol. The van der Waals surface area contributed by atoms with Crippen molar-refractivity contribution in [2.24, 2.45) is 0 Å². The molecule has 1 fully saturated rings. The number of benzene rings is 2. The maximum absolute atomic E-state index is 13.9. The van der Waals surface area contributed by atoms with Crippen LogP contribution in [-0.4, -0.2) is 49.4 Å². The van der Waals surface area contributed by atoms with Gasteiger partial charge < -0.3 is 9.47 Å². The molecule has 1 aliphatic heterocycles. The van der Waals surface area contributed by atoms with E-state index in [0.717, 1.165) is 18.5 Å². The molecule has 0 saturated carbocycles. The minimum atomic E-state index is -0.386. The predicted octanol–water partition coefficient (Wildman–Crippen LogP) is 3.95. The third-order valence-corrected chi connectivity index (χ3v) is 6.60. The van der Waals surface area contributed by atoms with E-state index < -0.39 is 0 Å². The molecule has 0 aliphatic carbocycles. The third-order valence-electron chi connectivity index (χ3n) is 6.60. The van der Waals surface area contributed by atoms with Crippen molar-refractivity contribution in [1.29, 1.82) is 0 Å². The molecule has 182 valence electrons. The molecule has 0 spiro atoms. The van der Waals surface area contributed by atoms with Gasteiger partial charge in [0, 0.05) is 12.3 Å². The molecule has 0 amide bonds. The largest absolute Gasteiger partial charge is 0.462 e. The molecule has 0 radical (unpaired) electrons. The van der Waals surface area contributed by atoms with Crippen LogP contribution in [0, 0.1) is 6.92 Å². The number of hydrogen-bond acceptors (Lipinski definition) is 7. The Labute approximate surface area is 206 Å². The summed E-state index contributed by atoms with van der Waals surface area (Å²) in [6.07, 6.45) is 1.91. The van der Waals surface area contributed by atoms with Gasteiger partial charge in [-0.25, -0.2) is 19.7 Å². The minimum absolute atomic E-state index is 0.00339. The topological polar surface area (TPSA) is 101 Å². The molecular formula is C27H25N5O4. The maximum atomic E-state index is 13.9. The smallest absolute Gasteiger partial charge is 0.338 e. The molecule has 1 atom stereocenters. The molecule has 2 aromatic carbocycles. The lowest BCUT2D eigenvalue weighted by Crippen LogP contribution is -2.29. The van der Waals surface area contributed by atoms with Crippen LogP contribution in [0.4, 0.5) is 0 Å². The summed E-state index contributed by atoms with van der Waals surface area (Å²) in [5.74, 6) is 0.211. The van der Waals surface area contributed by atoms with E-state index in [2.05, 4.69) is 0 Å². The number of nitrogens with zero attached hydrogens (tertiary/aromatic N) is 5. The molecule has 5 aromatic rings. The van der Waals surface area contributed by atoms with Gasteiger partial charge in [0.25, 0.3) is 5.56 Å². The second kappa shape index (κ2) is 8.83. The molecule has 0 bridgehead atoms. The van der Waals surface area contributed by atoms with Crippen molar-refractivity contribution in [1.82, 2.24) is 24.1 Å². The molecule has 9 nitrogen and oxygen atoms in total. The molecule has 1 aliphatic rings. The van der Waals surface area contributed by atoms with Gasteiger partial charge in [-0.1, -0.05) is 12.1 Å². The summed E-state index contributed by atoms with van der Waals surface area (Å²) in [5.41, 5.74) is 3.93. The molecule has 1 unspecified atom stereocenters. The van der Waals surface area contributed by atoms with E-state index >= 15 is 0 Å². The van der Waals surface area contributed by atoms with Crippen molar-refractivity contribution in [3.63, 3.8) is 0 Å². The van der Waals surface area contributed by atoms with Gasteiger partial charge in [0.15, 0.2) is 11.3 Å². The number of hydrogen-bond donors (Lipinski definition) is 0. The Bertz CT molecular complexity index is 1680. The minimum Gasteiger partial charge on any atom is -0.462 e. The number of carbonyl (C=O) groups is 1. The lowest BCUT2D eigenvalue weighted by molar-refractivity contribution is 0.0526. The van der Waals surface area contributed by atoms with Crippen molar-refractivity contribution in [3.05, 3.63) is 70.3 Å². The van der Waals surface area contributed by atoms with E-state index in [-0.39, 0.29) is 17.6 Å². The van der Waals surface area contributed by atoms with Crippen LogP contribution in [0.15, 0.2) is 53.3 Å². The van der Waals surface area contributed by atoms with Gasteiger partial charge in [0.1, 0.15) is 16.7 Å². The Hall–Kier alpha value is -4.11. The van der Waals surface area contributed by atoms with Gasteiger partial charge in [-0.05, 0) is 63.1 Å². The highest BCUT2D eigenvalue weighted by Gasteiger charge is 2.24. The SMILES string of the molecule is CCOC(=O)c1ccc(-n2c3nc4ccccc4nc3c3c(=O)n(CC4CCCO4)c(C)nc32)cc1. The molecular weight excluding hydrogens is 458 g/mol. The average Bonchev–Trinajstić information content (AvgIpc) is 3.51. The van der Waals surface area contributed by atoms with Crippen LogP contribution in [0.2, 0.25) is 0 Å². The van der Waals surface area contributed by atoms with Crippen LogP contribution in [0.5, 0.6) is 0 Å². The van der Waals surface area contributed by atoms with E-state index in [4.69, 9.17) is 24.4 Å². The summed E-state index contributed by atoms with van der Waals surface area (Å²) in [7, 11) is 0. The first-order valence-electron chi connectivity index (χ1n) is 12.1. The number of fused-ring (bicyclic) bond motifs is 4. The van der Waals surface area contributed by atoms with Gasteiger partial charge in [-0.3, -0.25) is 13.9 Å². The van der Waals surface area contributed by atoms with Crippen LogP contribution in [-0.2, 0) is 16.0 Å². The standard InChI is InChI=1S/C27H25N5O4/c1-3-35-27(34)17-10-12-18(13-11-17)32-24-22(23-25(32)30-21-9-5-4-8-20(21)29-23)26(33)31(16(2)28-24)15-19-7-6-14-36-19/h4-5,8-13,19H,3,6-7,14-15H2,1-2H3. The highest BCUT2D eigenvalue weighted by Crippen LogP contribution is 2.29. The predicted molar refractivity (Wildman–Crippen MR) is 136 cm³/mol. The highest BCUT2D eigenvalue weighted by molar-refractivity contribution is 6.06. The second-order valence-electron chi connectivity index (χ2n) is 8.90. The molecule has 0 N–H and O–H groups in total. The highest BCUT2D eigenvalue weighted by atomic mass is 16.5. The fourth-order valence-corrected chi connectivity index (χ4v) is 4.84. The number of aryl methyl sites for hydroxylation is 1. The van der Waals surface area contributed by atoms with Crippen molar-refractivity contribution < 1.29 is 14.3 Å². The Kier molecular flexibility index (Phi) is 5.49. The number of para-hydroxylation sites is 2. The van der Waals surface area contributed by atoms with Gasteiger partial charge in [-0.15, -0.1) is 0 Å². The quantitative estimate of drug-likeness (QED) is 0.349. The summed E-state index contributed by atoms with van der Waals surface area (Å²) >= 11 is 0. The fourth-order valence-electron chi connectivity index (χ4n) is 4.84.